The Bertz CT molecular complexity index is 2020. The van der Waals surface area contributed by atoms with E-state index in [0.29, 0.717) is 0 Å². The van der Waals surface area contributed by atoms with Crippen LogP contribution in [0.4, 0.5) is 11.4 Å². The van der Waals surface area contributed by atoms with Gasteiger partial charge in [-0.2, -0.15) is 0 Å². The van der Waals surface area contributed by atoms with Crippen LogP contribution in [0.2, 0.25) is 0 Å². The number of anilines is 1. The van der Waals surface area contributed by atoms with E-state index < -0.39 is 0 Å². The lowest BCUT2D eigenvalue weighted by molar-refractivity contribution is -0.118. The Labute approximate surface area is 260 Å². The van der Waals surface area contributed by atoms with Gasteiger partial charge in [0.1, 0.15) is 0 Å². The number of nitrogens with zero attached hydrogens (tertiary/aromatic N) is 1. The number of amides is 1. The summed E-state index contributed by atoms with van der Waals surface area (Å²) in [6.45, 7) is 10.7. The van der Waals surface area contributed by atoms with E-state index in [1.807, 2.05) is 0 Å². The van der Waals surface area contributed by atoms with E-state index in [4.69, 9.17) is 4.99 Å². The van der Waals surface area contributed by atoms with Gasteiger partial charge < -0.3 is 10.6 Å². The van der Waals surface area contributed by atoms with Crippen molar-refractivity contribution < 1.29 is 4.79 Å². The van der Waals surface area contributed by atoms with E-state index in [9.17, 15) is 4.79 Å². The van der Waals surface area contributed by atoms with Crippen molar-refractivity contribution in [2.75, 3.05) is 5.32 Å². The summed E-state index contributed by atoms with van der Waals surface area (Å²) in [6, 6.07) is 25.8. The molecule has 0 atom stereocenters. The Kier molecular flexibility index (Phi) is 6.69. The van der Waals surface area contributed by atoms with Gasteiger partial charge in [-0.05, 0) is 87.4 Å². The van der Waals surface area contributed by atoms with Gasteiger partial charge in [0.25, 0.3) is 0 Å². The summed E-state index contributed by atoms with van der Waals surface area (Å²) in [6.07, 6.45) is 11.6. The molecule has 4 aromatic carbocycles. The molecule has 1 aliphatic carbocycles. The molecular weight excluding hydrogens is 538 g/mol. The van der Waals surface area contributed by atoms with Gasteiger partial charge in [0.15, 0.2) is 0 Å². The first-order valence-electron chi connectivity index (χ1n) is 15.7. The standard InChI is InChI=1S/C40H39N3O/c1-25(44)41-38-28(19-23-34-39(2,3)36-30-15-8-6-11-26(30)17-21-32(36)42-34)13-10-14-29(38)20-24-35-40(4,5)37-31-16-9-7-12-27(31)18-22-33(37)43-35/h6-9,11-12,15-24,42H,10,13-14H2,1-5H3,(H,41,44)/b24-20+,28-19+,34-23+. The lowest BCUT2D eigenvalue weighted by Gasteiger charge is -2.24. The van der Waals surface area contributed by atoms with Gasteiger partial charge in [-0.3, -0.25) is 9.79 Å². The Hall–Kier alpha value is -4.70. The molecule has 2 N–H and O–H groups in total. The molecule has 0 unspecified atom stereocenters. The predicted octanol–water partition coefficient (Wildman–Crippen LogP) is 9.70. The SMILES string of the molecule is CC(=O)NC1=C(/C=C/C2=Nc3ccc4ccccc4c3C2(C)C)CCC/C1=C\C=C1\Nc2ccc3ccccc3c2C1(C)C. The quantitative estimate of drug-likeness (QED) is 0.254. The average Bonchev–Trinajstić information content (AvgIpc) is 3.43. The van der Waals surface area contributed by atoms with Crippen LogP contribution >= 0.6 is 0 Å². The second-order valence-corrected chi connectivity index (χ2v) is 13.3. The molecule has 0 saturated carbocycles. The summed E-state index contributed by atoms with van der Waals surface area (Å²) < 4.78 is 0. The molecule has 0 saturated heterocycles. The molecule has 0 bridgehead atoms. The summed E-state index contributed by atoms with van der Waals surface area (Å²) in [7, 11) is 0. The largest absolute Gasteiger partial charge is 0.358 e. The second-order valence-electron chi connectivity index (χ2n) is 13.3. The average molecular weight is 578 g/mol. The van der Waals surface area contributed by atoms with Crippen molar-refractivity contribution in [1.82, 2.24) is 5.32 Å². The molecule has 1 amide bonds. The molecule has 44 heavy (non-hydrogen) atoms. The van der Waals surface area contributed by atoms with Crippen LogP contribution < -0.4 is 10.6 Å². The molecule has 2 aliphatic heterocycles. The molecular formula is C40H39N3O. The maximum atomic E-state index is 12.4. The van der Waals surface area contributed by atoms with Gasteiger partial charge in [0, 0.05) is 34.8 Å². The van der Waals surface area contributed by atoms with Crippen LogP contribution in [0, 0.1) is 0 Å². The molecule has 0 fully saturated rings. The fourth-order valence-electron chi connectivity index (χ4n) is 7.35. The highest BCUT2D eigenvalue weighted by Gasteiger charge is 2.37. The van der Waals surface area contributed by atoms with E-state index in [2.05, 4.69) is 135 Å². The number of hydrogen-bond donors (Lipinski definition) is 2. The van der Waals surface area contributed by atoms with E-state index in [0.717, 1.165) is 58.9 Å². The number of nitrogens with one attached hydrogen (secondary N) is 2. The third kappa shape index (κ3) is 4.61. The topological polar surface area (TPSA) is 53.5 Å². The fraction of sp³-hybridized carbons (Fsp3) is 0.250. The van der Waals surface area contributed by atoms with Crippen LogP contribution in [-0.4, -0.2) is 11.6 Å². The van der Waals surface area contributed by atoms with E-state index in [-0.39, 0.29) is 16.7 Å². The summed E-state index contributed by atoms with van der Waals surface area (Å²) >= 11 is 0. The Morgan fingerprint density at radius 2 is 1.48 bits per heavy atom. The highest BCUT2D eigenvalue weighted by atomic mass is 16.1. The van der Waals surface area contributed by atoms with Crippen molar-refractivity contribution in [3.05, 3.63) is 131 Å². The number of carbonyl (C=O) groups excluding carboxylic acids is 1. The van der Waals surface area contributed by atoms with Crippen LogP contribution in [0.3, 0.4) is 0 Å². The second kappa shape index (κ2) is 10.5. The molecule has 0 spiro atoms. The maximum Gasteiger partial charge on any atom is 0.221 e. The van der Waals surface area contributed by atoms with Crippen LogP contribution in [0.5, 0.6) is 0 Å². The van der Waals surface area contributed by atoms with Crippen molar-refractivity contribution >= 4 is 44.5 Å². The van der Waals surface area contributed by atoms with Crippen LogP contribution in [0.1, 0.15) is 65.0 Å². The molecule has 7 rings (SSSR count). The van der Waals surface area contributed by atoms with Gasteiger partial charge in [0.2, 0.25) is 5.91 Å². The summed E-state index contributed by atoms with van der Waals surface area (Å²) in [5, 5.41) is 11.9. The van der Waals surface area contributed by atoms with Crippen molar-refractivity contribution in [3.8, 4) is 0 Å². The normalized spacial score (nSPS) is 20.3. The zero-order chi connectivity index (χ0) is 30.6. The Morgan fingerprint density at radius 1 is 0.795 bits per heavy atom. The number of allylic oxidation sites excluding steroid dienone is 7. The van der Waals surface area contributed by atoms with Crippen LogP contribution in [-0.2, 0) is 15.6 Å². The molecule has 3 aliphatic rings. The van der Waals surface area contributed by atoms with Crippen molar-refractivity contribution in [3.63, 3.8) is 0 Å². The monoisotopic (exact) mass is 577 g/mol. The zero-order valence-corrected chi connectivity index (χ0v) is 26.2. The first-order chi connectivity index (χ1) is 21.1. The molecule has 4 heteroatoms. The van der Waals surface area contributed by atoms with E-state index >= 15 is 0 Å². The highest BCUT2D eigenvalue weighted by molar-refractivity contribution is 6.12. The van der Waals surface area contributed by atoms with E-state index in [1.165, 1.54) is 32.7 Å². The van der Waals surface area contributed by atoms with Gasteiger partial charge in [-0.15, -0.1) is 0 Å². The third-order valence-corrected chi connectivity index (χ3v) is 9.64. The molecule has 2 heterocycles. The number of hydrogen-bond acceptors (Lipinski definition) is 3. The van der Waals surface area contributed by atoms with Crippen LogP contribution in [0.15, 0.2) is 125 Å². The minimum atomic E-state index is -0.224. The number of rotatable bonds is 4. The zero-order valence-electron chi connectivity index (χ0n) is 26.2. The molecule has 220 valence electrons. The highest BCUT2D eigenvalue weighted by Crippen LogP contribution is 2.47. The molecule has 4 nitrogen and oxygen atoms in total. The lowest BCUT2D eigenvalue weighted by atomic mass is 9.78. The predicted molar refractivity (Wildman–Crippen MR) is 185 cm³/mol. The smallest absolute Gasteiger partial charge is 0.221 e. The summed E-state index contributed by atoms with van der Waals surface area (Å²) in [4.78, 5) is 17.5. The first-order valence-corrected chi connectivity index (χ1v) is 15.7. The number of fused-ring (bicyclic) bond motifs is 6. The van der Waals surface area contributed by atoms with Gasteiger partial charge in [-0.25, -0.2) is 0 Å². The van der Waals surface area contributed by atoms with Crippen molar-refractivity contribution in [1.29, 1.82) is 0 Å². The Balaban J connectivity index is 1.23. The fourth-order valence-corrected chi connectivity index (χ4v) is 7.35. The molecule has 0 radical (unpaired) electrons. The minimum absolute atomic E-state index is 0.0537. The summed E-state index contributed by atoms with van der Waals surface area (Å²) in [5.74, 6) is -0.0537. The number of benzene rings is 4. The van der Waals surface area contributed by atoms with Crippen LogP contribution in [0.25, 0.3) is 21.5 Å². The lowest BCUT2D eigenvalue weighted by Crippen LogP contribution is -2.25. The molecule has 0 aromatic heterocycles. The first kappa shape index (κ1) is 28.1. The van der Waals surface area contributed by atoms with Crippen molar-refractivity contribution in [2.45, 2.75) is 64.7 Å². The van der Waals surface area contributed by atoms with Crippen molar-refractivity contribution in [2.24, 2.45) is 4.99 Å². The van der Waals surface area contributed by atoms with Gasteiger partial charge in [-0.1, -0.05) is 101 Å². The molecule has 4 aromatic rings. The number of aliphatic imine (C=N–C) groups is 1. The maximum absolute atomic E-state index is 12.4. The third-order valence-electron chi connectivity index (χ3n) is 9.64. The Morgan fingerprint density at radius 3 is 2.20 bits per heavy atom. The summed E-state index contributed by atoms with van der Waals surface area (Å²) in [5.41, 5.74) is 9.84. The van der Waals surface area contributed by atoms with Gasteiger partial charge in [0.05, 0.1) is 11.4 Å². The number of carbonyl (C=O) groups is 1. The minimum Gasteiger partial charge on any atom is -0.358 e. The van der Waals surface area contributed by atoms with Gasteiger partial charge >= 0.3 is 0 Å². The van der Waals surface area contributed by atoms with E-state index in [1.54, 1.807) is 6.92 Å².